The highest BCUT2D eigenvalue weighted by atomic mass is 32.2. The van der Waals surface area contributed by atoms with E-state index in [9.17, 15) is 18.3 Å². The molecule has 0 aromatic heterocycles. The van der Waals surface area contributed by atoms with E-state index in [4.69, 9.17) is 0 Å². The summed E-state index contributed by atoms with van der Waals surface area (Å²) in [5.41, 5.74) is 2.69. The van der Waals surface area contributed by atoms with Crippen molar-refractivity contribution in [1.29, 1.82) is 0 Å². The lowest BCUT2D eigenvalue weighted by Crippen LogP contribution is -2.32. The van der Waals surface area contributed by atoms with E-state index in [1.165, 1.54) is 7.05 Å². The molecule has 8 heteroatoms. The Morgan fingerprint density at radius 1 is 1.26 bits per heavy atom. The van der Waals surface area contributed by atoms with Crippen molar-refractivity contribution < 1.29 is 18.3 Å². The Morgan fingerprint density at radius 2 is 2.00 bits per heavy atom. The quantitative estimate of drug-likeness (QED) is 0.572. The summed E-state index contributed by atoms with van der Waals surface area (Å²) >= 11 is 1.63. The Balaban J connectivity index is 1.77. The van der Waals surface area contributed by atoms with Gasteiger partial charge in [0.1, 0.15) is 0 Å². The zero-order valence-electron chi connectivity index (χ0n) is 18.2. The van der Waals surface area contributed by atoms with Crippen molar-refractivity contribution in [2.24, 2.45) is 0 Å². The molecular formula is C23H30N2O4S2. The third kappa shape index (κ3) is 5.61. The molecule has 0 fully saturated rings. The van der Waals surface area contributed by atoms with Crippen molar-refractivity contribution in [2.75, 3.05) is 34.8 Å². The number of aliphatic hydroxyl groups is 1. The second kappa shape index (κ2) is 10.1. The van der Waals surface area contributed by atoms with Gasteiger partial charge in [0.15, 0.2) is 0 Å². The maximum absolute atomic E-state index is 13.3. The number of thioether (sulfide) groups is 1. The summed E-state index contributed by atoms with van der Waals surface area (Å²) in [4.78, 5) is 16.1. The van der Waals surface area contributed by atoms with Gasteiger partial charge in [-0.3, -0.25) is 9.10 Å². The number of amides is 1. The normalized spacial score (nSPS) is 14.4. The number of nitrogens with zero attached hydrogens (tertiary/aromatic N) is 2. The maximum Gasteiger partial charge on any atom is 0.260 e. The molecule has 2 aromatic carbocycles. The first-order valence-electron chi connectivity index (χ1n) is 10.5. The molecule has 0 aliphatic carbocycles. The fourth-order valence-electron chi connectivity index (χ4n) is 3.65. The van der Waals surface area contributed by atoms with E-state index in [-0.39, 0.29) is 12.0 Å². The number of hydrogen-bond acceptors (Lipinski definition) is 5. The van der Waals surface area contributed by atoms with E-state index in [1.54, 1.807) is 40.9 Å². The van der Waals surface area contributed by atoms with Crippen LogP contribution >= 0.6 is 11.8 Å². The zero-order valence-corrected chi connectivity index (χ0v) is 19.9. The Hall–Kier alpha value is -2.03. The van der Waals surface area contributed by atoms with Gasteiger partial charge in [-0.05, 0) is 48.7 Å². The van der Waals surface area contributed by atoms with Crippen molar-refractivity contribution >= 4 is 39.1 Å². The lowest BCUT2D eigenvalue weighted by molar-refractivity contribution is 0.0990. The topological polar surface area (TPSA) is 77.9 Å². The third-order valence-corrected chi connectivity index (χ3v) is 7.83. The highest BCUT2D eigenvalue weighted by Gasteiger charge is 2.29. The van der Waals surface area contributed by atoms with Crippen LogP contribution in [-0.2, 0) is 16.4 Å². The minimum Gasteiger partial charge on any atom is -0.392 e. The van der Waals surface area contributed by atoms with Crippen molar-refractivity contribution in [3.63, 3.8) is 0 Å². The lowest BCUT2D eigenvalue weighted by Gasteiger charge is -2.23. The molecule has 6 nitrogen and oxygen atoms in total. The van der Waals surface area contributed by atoms with Crippen molar-refractivity contribution in [3.8, 4) is 0 Å². The molecule has 1 aliphatic heterocycles. The van der Waals surface area contributed by atoms with Crippen LogP contribution in [0.2, 0.25) is 0 Å². The predicted molar refractivity (Wildman–Crippen MR) is 128 cm³/mol. The molecule has 2 aromatic rings. The molecule has 1 atom stereocenters. The number of benzene rings is 2. The summed E-state index contributed by atoms with van der Waals surface area (Å²) in [5.74, 6) is 0.451. The summed E-state index contributed by atoms with van der Waals surface area (Å²) < 4.78 is 25.2. The smallest absolute Gasteiger partial charge is 0.260 e. The summed E-state index contributed by atoms with van der Waals surface area (Å²) in [7, 11) is -2.03. The molecule has 1 aliphatic rings. The molecule has 0 saturated heterocycles. The molecule has 3 rings (SSSR count). The van der Waals surface area contributed by atoms with Crippen LogP contribution in [0, 0.1) is 0 Å². The van der Waals surface area contributed by atoms with Gasteiger partial charge in [0, 0.05) is 29.9 Å². The van der Waals surface area contributed by atoms with E-state index >= 15 is 0 Å². The van der Waals surface area contributed by atoms with Crippen molar-refractivity contribution in [3.05, 3.63) is 53.6 Å². The van der Waals surface area contributed by atoms with E-state index in [0.717, 1.165) is 52.4 Å². The number of hydrogen-bond donors (Lipinski definition) is 1. The first-order valence-corrected chi connectivity index (χ1v) is 13.3. The molecule has 0 radical (unpaired) electrons. The monoisotopic (exact) mass is 462 g/mol. The number of carbonyl (C=O) groups excluding carboxylic acids is 1. The summed E-state index contributed by atoms with van der Waals surface area (Å²) in [5, 5.41) is 10.1. The second-order valence-electron chi connectivity index (χ2n) is 7.85. The first kappa shape index (κ1) is 23.6. The molecule has 0 spiro atoms. The predicted octanol–water partition coefficient (Wildman–Crippen LogP) is 3.93. The van der Waals surface area contributed by atoms with E-state index in [0.29, 0.717) is 23.5 Å². The second-order valence-corrected chi connectivity index (χ2v) is 11.0. The summed E-state index contributed by atoms with van der Waals surface area (Å²) in [6, 6.07) is 12.8. The van der Waals surface area contributed by atoms with Gasteiger partial charge in [0.2, 0.25) is 10.0 Å². The SMILES string of the molecule is CCCCC(O)CSc1ccc2c(c1)CCN2C(=O)c1ccccc1N(C)S(C)(=O)=O. The standard InChI is InChI=1S/C23H30N2O4S2/c1-4-5-8-18(26)16-30-19-11-12-21-17(15-19)13-14-25(21)23(27)20-9-6-7-10-22(20)24(2)31(3,28)29/h6-7,9-12,15,18,26H,4-5,8,13-14,16H2,1-3H3. The Kier molecular flexibility index (Phi) is 7.67. The Labute approximate surface area is 189 Å². The van der Waals surface area contributed by atoms with Crippen LogP contribution in [0.3, 0.4) is 0 Å². The molecule has 1 heterocycles. The van der Waals surface area contributed by atoms with E-state index in [2.05, 4.69) is 13.0 Å². The fourth-order valence-corrected chi connectivity index (χ4v) is 5.11. The van der Waals surface area contributed by atoms with Crippen LogP contribution in [0.1, 0.15) is 42.1 Å². The number of sulfonamides is 1. The number of fused-ring (bicyclic) bond motifs is 1. The molecule has 31 heavy (non-hydrogen) atoms. The van der Waals surface area contributed by atoms with E-state index < -0.39 is 10.0 Å². The summed E-state index contributed by atoms with van der Waals surface area (Å²) in [6.07, 6.45) is 4.49. The van der Waals surface area contributed by atoms with Gasteiger partial charge >= 0.3 is 0 Å². The van der Waals surface area contributed by atoms with Gasteiger partial charge in [-0.2, -0.15) is 0 Å². The number of anilines is 2. The molecule has 0 saturated carbocycles. The molecular weight excluding hydrogens is 432 g/mol. The fraction of sp³-hybridized carbons (Fsp3) is 0.435. The average Bonchev–Trinajstić information content (AvgIpc) is 3.17. The van der Waals surface area contributed by atoms with Gasteiger partial charge in [0.05, 0.1) is 23.6 Å². The van der Waals surface area contributed by atoms with E-state index in [1.807, 2.05) is 12.1 Å². The molecule has 0 bridgehead atoms. The average molecular weight is 463 g/mol. The van der Waals surface area contributed by atoms with Gasteiger partial charge in [-0.15, -0.1) is 11.8 Å². The van der Waals surface area contributed by atoms with Gasteiger partial charge in [-0.1, -0.05) is 31.9 Å². The Morgan fingerprint density at radius 3 is 2.71 bits per heavy atom. The van der Waals surface area contributed by atoms with Crippen LogP contribution < -0.4 is 9.21 Å². The number of aliphatic hydroxyl groups excluding tert-OH is 1. The summed E-state index contributed by atoms with van der Waals surface area (Å²) in [6.45, 7) is 2.67. The van der Waals surface area contributed by atoms with Gasteiger partial charge < -0.3 is 10.0 Å². The first-order chi connectivity index (χ1) is 14.7. The van der Waals surface area contributed by atoms with Crippen LogP contribution in [0.15, 0.2) is 47.4 Å². The number of para-hydroxylation sites is 1. The third-order valence-electron chi connectivity index (χ3n) is 5.50. The number of unbranched alkanes of at least 4 members (excludes halogenated alkanes) is 1. The number of carbonyl (C=O) groups is 1. The zero-order chi connectivity index (χ0) is 22.6. The maximum atomic E-state index is 13.3. The minimum absolute atomic E-state index is 0.208. The Bertz CT molecular complexity index is 1040. The van der Waals surface area contributed by atoms with Crippen molar-refractivity contribution in [2.45, 2.75) is 43.6 Å². The molecule has 1 amide bonds. The highest BCUT2D eigenvalue weighted by molar-refractivity contribution is 7.99. The van der Waals surface area contributed by atoms with Crippen molar-refractivity contribution in [1.82, 2.24) is 0 Å². The molecule has 168 valence electrons. The molecule has 1 unspecified atom stereocenters. The van der Waals surface area contributed by atoms with Gasteiger partial charge in [0.25, 0.3) is 5.91 Å². The largest absolute Gasteiger partial charge is 0.392 e. The van der Waals surface area contributed by atoms with Crippen LogP contribution in [-0.4, -0.2) is 51.1 Å². The lowest BCUT2D eigenvalue weighted by atomic mass is 10.1. The highest BCUT2D eigenvalue weighted by Crippen LogP contribution is 2.34. The number of rotatable bonds is 9. The van der Waals surface area contributed by atoms with Crippen LogP contribution in [0.4, 0.5) is 11.4 Å². The van der Waals surface area contributed by atoms with Crippen LogP contribution in [0.5, 0.6) is 0 Å². The van der Waals surface area contributed by atoms with Gasteiger partial charge in [-0.25, -0.2) is 8.42 Å². The van der Waals surface area contributed by atoms with Crippen LogP contribution in [0.25, 0.3) is 0 Å². The minimum atomic E-state index is -3.48. The molecule has 1 N–H and O–H groups in total.